The number of likely N-dealkylation sites (tertiary alicyclic amines) is 1. The van der Waals surface area contributed by atoms with Crippen molar-refractivity contribution in [2.45, 2.75) is 66.0 Å². The number of piperidine rings is 1. The van der Waals surface area contributed by atoms with Gasteiger partial charge in [0, 0.05) is 25.2 Å². The van der Waals surface area contributed by atoms with E-state index in [9.17, 15) is 9.59 Å². The minimum atomic E-state index is -0.522. The average Bonchev–Trinajstić information content (AvgIpc) is 3.11. The number of nitrogens with zero attached hydrogens (tertiary/aromatic N) is 4. The maximum absolute atomic E-state index is 12.9. The number of aromatic nitrogens is 2. The molecule has 1 atom stereocenters. The van der Waals surface area contributed by atoms with E-state index in [1.165, 1.54) is 0 Å². The highest BCUT2D eigenvalue weighted by molar-refractivity contribution is 5.91. The summed E-state index contributed by atoms with van der Waals surface area (Å²) >= 11 is 0. The van der Waals surface area contributed by atoms with E-state index in [4.69, 9.17) is 4.74 Å². The fourth-order valence-electron chi connectivity index (χ4n) is 4.28. The number of anilines is 1. The van der Waals surface area contributed by atoms with Crippen LogP contribution in [0.2, 0.25) is 0 Å². The van der Waals surface area contributed by atoms with E-state index in [2.05, 4.69) is 15.3 Å². The molecule has 0 bridgehead atoms. The summed E-state index contributed by atoms with van der Waals surface area (Å²) in [7, 11) is 0. The molecule has 1 aliphatic rings. The zero-order chi connectivity index (χ0) is 24.9. The zero-order valence-electron chi connectivity index (χ0n) is 21.4. The Morgan fingerprint density at radius 1 is 1.24 bits per heavy atom. The fourth-order valence-corrected chi connectivity index (χ4v) is 4.28. The lowest BCUT2D eigenvalue weighted by Crippen LogP contribution is -2.48. The normalized spacial score (nSPS) is 17.0. The third-order valence-corrected chi connectivity index (χ3v) is 5.78. The molecule has 8 heteroatoms. The van der Waals surface area contributed by atoms with Gasteiger partial charge in [-0.1, -0.05) is 18.2 Å². The molecular weight excluding hydrogens is 430 g/mol. The molecule has 0 radical (unpaired) electrons. The molecule has 1 saturated heterocycles. The molecule has 0 spiro atoms. The molecule has 0 unspecified atom stereocenters. The molecule has 0 saturated carbocycles. The van der Waals surface area contributed by atoms with Crippen LogP contribution in [0.5, 0.6) is 0 Å². The van der Waals surface area contributed by atoms with Gasteiger partial charge in [0.15, 0.2) is 0 Å². The minimum absolute atomic E-state index is 0.0510. The van der Waals surface area contributed by atoms with Gasteiger partial charge in [-0.05, 0) is 79.0 Å². The van der Waals surface area contributed by atoms with Crippen molar-refractivity contribution in [2.75, 3.05) is 31.5 Å². The molecule has 34 heavy (non-hydrogen) atoms. The van der Waals surface area contributed by atoms with Gasteiger partial charge in [-0.2, -0.15) is 5.10 Å². The highest BCUT2D eigenvalue weighted by Crippen LogP contribution is 2.21. The van der Waals surface area contributed by atoms with E-state index in [1.54, 1.807) is 9.58 Å². The maximum Gasteiger partial charge on any atom is 0.410 e. The van der Waals surface area contributed by atoms with E-state index in [1.807, 2.05) is 77.9 Å². The molecule has 8 nitrogen and oxygen atoms in total. The number of hydrogen-bond donors (Lipinski definition) is 1. The number of rotatable bonds is 7. The minimum Gasteiger partial charge on any atom is -0.444 e. The van der Waals surface area contributed by atoms with E-state index in [-0.39, 0.29) is 18.0 Å². The van der Waals surface area contributed by atoms with Crippen LogP contribution in [-0.2, 0) is 9.53 Å². The number of amides is 2. The number of benzene rings is 1. The van der Waals surface area contributed by atoms with Gasteiger partial charge in [-0.3, -0.25) is 9.69 Å². The van der Waals surface area contributed by atoms with Crippen molar-refractivity contribution >= 4 is 17.8 Å². The Kier molecular flexibility index (Phi) is 8.36. The van der Waals surface area contributed by atoms with Crippen molar-refractivity contribution in [2.24, 2.45) is 5.92 Å². The second-order valence-electron chi connectivity index (χ2n) is 10.4. The van der Waals surface area contributed by atoms with Crippen LogP contribution in [0.3, 0.4) is 0 Å². The largest absolute Gasteiger partial charge is 0.444 e. The lowest BCUT2D eigenvalue weighted by molar-refractivity contribution is -0.117. The summed E-state index contributed by atoms with van der Waals surface area (Å²) in [6.07, 6.45) is 1.76. The summed E-state index contributed by atoms with van der Waals surface area (Å²) in [6, 6.07) is 11.7. The van der Waals surface area contributed by atoms with Crippen LogP contribution in [0.4, 0.5) is 10.6 Å². The molecular formula is C26H39N5O3. The molecule has 1 N–H and O–H groups in total. The Morgan fingerprint density at radius 2 is 1.94 bits per heavy atom. The number of nitrogens with one attached hydrogen (secondary N) is 1. The Bertz CT molecular complexity index is 965. The molecule has 2 aromatic rings. The predicted molar refractivity (Wildman–Crippen MR) is 134 cm³/mol. The molecule has 0 aliphatic carbocycles. The molecule has 1 aliphatic heterocycles. The van der Waals surface area contributed by atoms with Gasteiger partial charge in [-0.15, -0.1) is 0 Å². The third kappa shape index (κ3) is 7.32. The Labute approximate surface area is 203 Å². The fraction of sp³-hybridized carbons (Fsp3) is 0.577. The molecule has 186 valence electrons. The number of carbonyl (C=O) groups is 2. The van der Waals surface area contributed by atoms with E-state index >= 15 is 0 Å². The Balaban J connectivity index is 1.59. The van der Waals surface area contributed by atoms with Crippen LogP contribution >= 0.6 is 0 Å². The highest BCUT2D eigenvalue weighted by atomic mass is 16.6. The van der Waals surface area contributed by atoms with Crippen LogP contribution in [0.15, 0.2) is 36.4 Å². The second kappa shape index (κ2) is 11.0. The number of hydrogen-bond acceptors (Lipinski definition) is 5. The first-order valence-electron chi connectivity index (χ1n) is 12.2. The Hall–Kier alpha value is -2.87. The summed E-state index contributed by atoms with van der Waals surface area (Å²) in [4.78, 5) is 29.6. The van der Waals surface area contributed by atoms with Crippen molar-refractivity contribution in [3.63, 3.8) is 0 Å². The smallest absolute Gasteiger partial charge is 0.410 e. The van der Waals surface area contributed by atoms with Gasteiger partial charge in [0.25, 0.3) is 0 Å². The quantitative estimate of drug-likeness (QED) is 0.647. The topological polar surface area (TPSA) is 79.7 Å². The highest BCUT2D eigenvalue weighted by Gasteiger charge is 2.29. The summed E-state index contributed by atoms with van der Waals surface area (Å²) in [5, 5.41) is 7.55. The molecule has 2 amide bonds. The molecule has 1 aromatic carbocycles. The second-order valence-corrected chi connectivity index (χ2v) is 10.4. The molecule has 1 fully saturated rings. The Morgan fingerprint density at radius 3 is 2.59 bits per heavy atom. The van der Waals surface area contributed by atoms with Crippen molar-refractivity contribution in [1.29, 1.82) is 0 Å². The standard InChI is InChI=1S/C26H39N5O3/c1-19(2)30(25(33)34-26(4,5)6)17-21-11-10-14-29(16-21)18-24(32)27-23-15-20(3)28-31(23)22-12-8-7-9-13-22/h7-9,12-13,15,19,21H,10-11,14,16-18H2,1-6H3,(H,27,32)/t21-/m0/s1. The van der Waals surface area contributed by atoms with Gasteiger partial charge in [0.2, 0.25) is 5.91 Å². The van der Waals surface area contributed by atoms with Crippen LogP contribution in [-0.4, -0.2) is 69.4 Å². The SMILES string of the molecule is Cc1cc(NC(=O)CN2CCC[C@H](CN(C(=O)OC(C)(C)C)C(C)C)C2)n(-c2ccccc2)n1. The monoisotopic (exact) mass is 469 g/mol. The number of para-hydroxylation sites is 1. The van der Waals surface area contributed by atoms with Gasteiger partial charge >= 0.3 is 6.09 Å². The van der Waals surface area contributed by atoms with E-state index in [0.29, 0.717) is 24.8 Å². The first kappa shape index (κ1) is 25.7. The molecule has 3 rings (SSSR count). The lowest BCUT2D eigenvalue weighted by atomic mass is 9.97. The maximum atomic E-state index is 12.9. The predicted octanol–water partition coefficient (Wildman–Crippen LogP) is 4.48. The average molecular weight is 470 g/mol. The van der Waals surface area contributed by atoms with E-state index in [0.717, 1.165) is 37.3 Å². The summed E-state index contributed by atoms with van der Waals surface area (Å²) in [5.41, 5.74) is 1.22. The summed E-state index contributed by atoms with van der Waals surface area (Å²) < 4.78 is 7.37. The first-order valence-corrected chi connectivity index (χ1v) is 12.2. The van der Waals surface area contributed by atoms with Crippen molar-refractivity contribution < 1.29 is 14.3 Å². The number of carbonyl (C=O) groups excluding carboxylic acids is 2. The van der Waals surface area contributed by atoms with Crippen molar-refractivity contribution in [1.82, 2.24) is 19.6 Å². The third-order valence-electron chi connectivity index (χ3n) is 5.78. The van der Waals surface area contributed by atoms with Crippen LogP contribution < -0.4 is 5.32 Å². The van der Waals surface area contributed by atoms with Crippen molar-refractivity contribution in [3.05, 3.63) is 42.1 Å². The van der Waals surface area contributed by atoms with Crippen LogP contribution in [0.1, 0.15) is 53.2 Å². The van der Waals surface area contributed by atoms with Gasteiger partial charge < -0.3 is 15.0 Å². The first-order chi connectivity index (χ1) is 16.0. The van der Waals surface area contributed by atoms with Gasteiger partial charge in [0.05, 0.1) is 17.9 Å². The number of aryl methyl sites for hydroxylation is 1. The summed E-state index contributed by atoms with van der Waals surface area (Å²) in [6.45, 7) is 14.2. The van der Waals surface area contributed by atoms with E-state index < -0.39 is 5.60 Å². The summed E-state index contributed by atoms with van der Waals surface area (Å²) in [5.74, 6) is 0.900. The van der Waals surface area contributed by atoms with Crippen LogP contribution in [0.25, 0.3) is 5.69 Å². The lowest BCUT2D eigenvalue weighted by Gasteiger charge is -2.37. The molecule has 1 aromatic heterocycles. The zero-order valence-corrected chi connectivity index (χ0v) is 21.4. The van der Waals surface area contributed by atoms with Gasteiger partial charge in [-0.25, -0.2) is 9.48 Å². The molecule has 2 heterocycles. The van der Waals surface area contributed by atoms with Crippen LogP contribution in [0, 0.1) is 12.8 Å². The number of ether oxygens (including phenoxy) is 1. The van der Waals surface area contributed by atoms with Crippen molar-refractivity contribution in [3.8, 4) is 5.69 Å². The van der Waals surface area contributed by atoms with Gasteiger partial charge in [0.1, 0.15) is 11.4 Å².